The summed E-state index contributed by atoms with van der Waals surface area (Å²) in [6.07, 6.45) is 3.52. The number of ether oxygens (including phenoxy) is 1. The van der Waals surface area contributed by atoms with Crippen LogP contribution in [0.1, 0.15) is 30.0 Å². The fourth-order valence-electron chi connectivity index (χ4n) is 3.44. The Morgan fingerprint density at radius 2 is 2.00 bits per heavy atom. The van der Waals surface area contributed by atoms with Gasteiger partial charge in [-0.05, 0) is 42.2 Å². The topological polar surface area (TPSA) is 42.4 Å². The monoisotopic (exact) mass is 332 g/mol. The van der Waals surface area contributed by atoms with Gasteiger partial charge in [0.05, 0.1) is 11.6 Å². The first-order valence-corrected chi connectivity index (χ1v) is 8.63. The number of rotatable bonds is 3. The Kier molecular flexibility index (Phi) is 4.34. The second-order valence-electron chi connectivity index (χ2n) is 6.35. The van der Waals surface area contributed by atoms with E-state index in [0.717, 1.165) is 41.4 Å². The van der Waals surface area contributed by atoms with Crippen molar-refractivity contribution in [1.29, 1.82) is 0 Å². The lowest BCUT2D eigenvalue weighted by atomic mass is 10.0. The Balaban J connectivity index is 1.50. The van der Waals surface area contributed by atoms with E-state index in [4.69, 9.17) is 4.74 Å². The molecule has 1 amide bonds. The van der Waals surface area contributed by atoms with Crippen molar-refractivity contribution in [1.82, 2.24) is 9.88 Å². The molecule has 1 saturated heterocycles. The fourth-order valence-corrected chi connectivity index (χ4v) is 3.44. The molecule has 1 fully saturated rings. The predicted octanol–water partition coefficient (Wildman–Crippen LogP) is 4.71. The fraction of sp³-hybridized carbons (Fsp3) is 0.238. The average molecular weight is 332 g/mol. The standard InChI is InChI=1S/C21H20N2O2/c24-21(25-15-16-6-2-1-3-7-16)23-13-5-9-20(23)18-10-11-19-17(14-18)8-4-12-22-19/h1-4,6-8,10-12,14,20H,5,9,13,15H2/t20-/m0/s1. The van der Waals surface area contributed by atoms with Crippen LogP contribution in [-0.4, -0.2) is 22.5 Å². The number of likely N-dealkylation sites (tertiary alicyclic amines) is 1. The van der Waals surface area contributed by atoms with Gasteiger partial charge in [0.1, 0.15) is 6.61 Å². The molecule has 126 valence electrons. The van der Waals surface area contributed by atoms with Crippen LogP contribution in [0.2, 0.25) is 0 Å². The van der Waals surface area contributed by atoms with E-state index in [0.29, 0.717) is 6.61 Å². The minimum atomic E-state index is -0.238. The maximum atomic E-state index is 12.6. The number of nitrogens with zero attached hydrogens (tertiary/aromatic N) is 2. The molecule has 4 nitrogen and oxygen atoms in total. The first-order chi connectivity index (χ1) is 12.3. The highest BCUT2D eigenvalue weighted by molar-refractivity contribution is 5.79. The van der Waals surface area contributed by atoms with Crippen LogP contribution in [-0.2, 0) is 11.3 Å². The number of benzene rings is 2. The maximum absolute atomic E-state index is 12.6. The molecule has 0 N–H and O–H groups in total. The predicted molar refractivity (Wildman–Crippen MR) is 97.1 cm³/mol. The summed E-state index contributed by atoms with van der Waals surface area (Å²) in [5, 5.41) is 1.10. The van der Waals surface area contributed by atoms with Crippen molar-refractivity contribution in [2.75, 3.05) is 6.54 Å². The smallest absolute Gasteiger partial charge is 0.410 e. The number of pyridine rings is 1. The second kappa shape index (κ2) is 6.93. The van der Waals surface area contributed by atoms with E-state index in [9.17, 15) is 4.79 Å². The molecule has 1 aliphatic heterocycles. The molecule has 1 aliphatic rings. The van der Waals surface area contributed by atoms with Gasteiger partial charge in [-0.3, -0.25) is 4.98 Å². The van der Waals surface area contributed by atoms with Gasteiger partial charge in [0, 0.05) is 18.1 Å². The highest BCUT2D eigenvalue weighted by Crippen LogP contribution is 2.33. The second-order valence-corrected chi connectivity index (χ2v) is 6.35. The van der Waals surface area contributed by atoms with E-state index in [1.807, 2.05) is 47.4 Å². The SMILES string of the molecule is O=C(OCc1ccccc1)N1CCC[C@H]1c1ccc2ncccc2c1. The maximum Gasteiger partial charge on any atom is 0.410 e. The van der Waals surface area contributed by atoms with Crippen LogP contribution in [0.5, 0.6) is 0 Å². The Bertz CT molecular complexity index is 879. The summed E-state index contributed by atoms with van der Waals surface area (Å²) >= 11 is 0. The van der Waals surface area contributed by atoms with Crippen molar-refractivity contribution in [2.24, 2.45) is 0 Å². The van der Waals surface area contributed by atoms with Crippen molar-refractivity contribution in [3.05, 3.63) is 78.0 Å². The molecule has 0 spiro atoms. The number of amides is 1. The van der Waals surface area contributed by atoms with Crippen LogP contribution >= 0.6 is 0 Å². The van der Waals surface area contributed by atoms with Crippen molar-refractivity contribution < 1.29 is 9.53 Å². The molecule has 0 bridgehead atoms. The minimum Gasteiger partial charge on any atom is -0.445 e. The van der Waals surface area contributed by atoms with Crippen LogP contribution in [0.4, 0.5) is 4.79 Å². The quantitative estimate of drug-likeness (QED) is 0.697. The van der Waals surface area contributed by atoms with E-state index in [-0.39, 0.29) is 12.1 Å². The summed E-state index contributed by atoms with van der Waals surface area (Å²) in [4.78, 5) is 18.8. The molecule has 3 aromatic rings. The number of carbonyl (C=O) groups is 1. The molecule has 4 heteroatoms. The Labute approximate surface area is 147 Å². The minimum absolute atomic E-state index is 0.0767. The van der Waals surface area contributed by atoms with Gasteiger partial charge in [0.2, 0.25) is 0 Å². The third-order valence-electron chi connectivity index (χ3n) is 4.70. The molecule has 0 radical (unpaired) electrons. The summed E-state index contributed by atoms with van der Waals surface area (Å²) in [5.41, 5.74) is 3.13. The molecule has 0 aliphatic carbocycles. The molecule has 25 heavy (non-hydrogen) atoms. The number of aromatic nitrogens is 1. The molecule has 2 aromatic carbocycles. The van der Waals surface area contributed by atoms with Crippen molar-refractivity contribution in [2.45, 2.75) is 25.5 Å². The van der Waals surface area contributed by atoms with E-state index >= 15 is 0 Å². The van der Waals surface area contributed by atoms with E-state index in [2.05, 4.69) is 23.2 Å². The van der Waals surface area contributed by atoms with Crippen LogP contribution in [0.15, 0.2) is 66.9 Å². The van der Waals surface area contributed by atoms with Gasteiger partial charge in [0.15, 0.2) is 0 Å². The molecule has 1 aromatic heterocycles. The zero-order chi connectivity index (χ0) is 17.1. The number of hydrogen-bond acceptors (Lipinski definition) is 3. The third kappa shape index (κ3) is 3.33. The molecule has 2 heterocycles. The summed E-state index contributed by atoms with van der Waals surface area (Å²) in [6, 6.07) is 20.1. The molecular formula is C21H20N2O2. The number of fused-ring (bicyclic) bond motifs is 1. The summed E-state index contributed by atoms with van der Waals surface area (Å²) < 4.78 is 5.53. The van der Waals surface area contributed by atoms with Crippen molar-refractivity contribution >= 4 is 17.0 Å². The van der Waals surface area contributed by atoms with Gasteiger partial charge in [0.25, 0.3) is 0 Å². The molecule has 1 atom stereocenters. The highest BCUT2D eigenvalue weighted by Gasteiger charge is 2.31. The molecule has 4 rings (SSSR count). The zero-order valence-electron chi connectivity index (χ0n) is 14.0. The average Bonchev–Trinajstić information content (AvgIpc) is 3.16. The Morgan fingerprint density at radius 1 is 1.12 bits per heavy atom. The molecular weight excluding hydrogens is 312 g/mol. The first kappa shape index (κ1) is 15.6. The Hall–Kier alpha value is -2.88. The number of carbonyl (C=O) groups excluding carboxylic acids is 1. The van der Waals surface area contributed by atoms with Crippen molar-refractivity contribution in [3.63, 3.8) is 0 Å². The summed E-state index contributed by atoms with van der Waals surface area (Å²) in [7, 11) is 0. The van der Waals surface area contributed by atoms with E-state index in [1.54, 1.807) is 6.20 Å². The lowest BCUT2D eigenvalue weighted by Crippen LogP contribution is -2.31. The van der Waals surface area contributed by atoms with Gasteiger partial charge >= 0.3 is 6.09 Å². The summed E-state index contributed by atoms with van der Waals surface area (Å²) in [6.45, 7) is 1.05. The van der Waals surface area contributed by atoms with E-state index in [1.165, 1.54) is 0 Å². The van der Waals surface area contributed by atoms with Gasteiger partial charge in [-0.15, -0.1) is 0 Å². The summed E-state index contributed by atoms with van der Waals surface area (Å²) in [5.74, 6) is 0. The first-order valence-electron chi connectivity index (χ1n) is 8.63. The van der Waals surface area contributed by atoms with E-state index < -0.39 is 0 Å². The van der Waals surface area contributed by atoms with Crippen molar-refractivity contribution in [3.8, 4) is 0 Å². The lowest BCUT2D eigenvalue weighted by molar-refractivity contribution is 0.0921. The zero-order valence-corrected chi connectivity index (χ0v) is 14.0. The van der Waals surface area contributed by atoms with Crippen LogP contribution in [0, 0.1) is 0 Å². The largest absolute Gasteiger partial charge is 0.445 e. The third-order valence-corrected chi connectivity index (χ3v) is 4.70. The molecule has 0 unspecified atom stereocenters. The van der Waals surface area contributed by atoms with Gasteiger partial charge < -0.3 is 9.64 Å². The van der Waals surface area contributed by atoms with Gasteiger partial charge in [-0.25, -0.2) is 4.79 Å². The lowest BCUT2D eigenvalue weighted by Gasteiger charge is -2.24. The number of hydrogen-bond donors (Lipinski definition) is 0. The van der Waals surface area contributed by atoms with Crippen LogP contribution in [0.3, 0.4) is 0 Å². The van der Waals surface area contributed by atoms with Gasteiger partial charge in [-0.2, -0.15) is 0 Å². The molecule has 0 saturated carbocycles. The normalized spacial score (nSPS) is 17.0. The van der Waals surface area contributed by atoms with Crippen LogP contribution in [0.25, 0.3) is 10.9 Å². The highest BCUT2D eigenvalue weighted by atomic mass is 16.6. The van der Waals surface area contributed by atoms with Crippen LogP contribution < -0.4 is 0 Å². The van der Waals surface area contributed by atoms with Gasteiger partial charge in [-0.1, -0.05) is 42.5 Å². The Morgan fingerprint density at radius 3 is 2.88 bits per heavy atom.